The van der Waals surface area contributed by atoms with Crippen LogP contribution in [0.3, 0.4) is 0 Å². The summed E-state index contributed by atoms with van der Waals surface area (Å²) < 4.78 is 27.7. The van der Waals surface area contributed by atoms with Crippen LogP contribution in [0.15, 0.2) is 18.3 Å². The number of H-pyrrole nitrogens is 1. The van der Waals surface area contributed by atoms with Crippen LogP contribution in [0.2, 0.25) is 0 Å². The molecule has 37 heavy (non-hydrogen) atoms. The van der Waals surface area contributed by atoms with Crippen molar-refractivity contribution >= 4 is 39.9 Å². The van der Waals surface area contributed by atoms with E-state index < -0.39 is 13.0 Å². The lowest BCUT2D eigenvalue weighted by atomic mass is 9.85. The van der Waals surface area contributed by atoms with E-state index in [4.69, 9.17) is 9.97 Å². The van der Waals surface area contributed by atoms with E-state index in [1.54, 1.807) is 45.2 Å². The van der Waals surface area contributed by atoms with Crippen molar-refractivity contribution in [2.24, 2.45) is 5.92 Å². The first kappa shape index (κ1) is 24.8. The van der Waals surface area contributed by atoms with Gasteiger partial charge < -0.3 is 25.1 Å². The minimum atomic E-state index is -2.51. The Morgan fingerprint density at radius 2 is 1.92 bits per heavy atom. The number of aromatic amines is 1. The molecule has 0 atom stereocenters. The largest absolute Gasteiger partial charge is 0.372 e. The molecule has 0 aromatic carbocycles. The molecule has 0 radical (unpaired) electrons. The molecule has 4 aromatic rings. The van der Waals surface area contributed by atoms with E-state index in [1.807, 2.05) is 6.07 Å². The first-order chi connectivity index (χ1) is 17.7. The molecule has 0 bridgehead atoms. The van der Waals surface area contributed by atoms with Crippen LogP contribution in [0.4, 0.5) is 20.5 Å². The standard InChI is InChI=1S/C25H31F2N9O/c1-13-30-18-10-9-17(32-23(18)36(13)12-19(26)27)16-11-29-22-20(16)21(28-2)33-25(34-22)31-15-7-5-14(6-8-15)24(37)35(3)4/h9-11,14-15,19H,5-8,12H2,1-4H3,(H3,28,29,31,33,34)/t14-,15+. The number of imidazole rings is 1. The van der Waals surface area contributed by atoms with Gasteiger partial charge >= 0.3 is 0 Å². The van der Waals surface area contributed by atoms with Gasteiger partial charge in [-0.05, 0) is 44.7 Å². The molecule has 0 unspecified atom stereocenters. The molecule has 196 valence electrons. The zero-order chi connectivity index (χ0) is 26.3. The molecule has 1 amide bonds. The molecule has 1 aliphatic rings. The summed E-state index contributed by atoms with van der Waals surface area (Å²) in [6.07, 6.45) is 2.69. The fraction of sp³-hybridized carbons (Fsp3) is 0.480. The number of rotatable bonds is 7. The van der Waals surface area contributed by atoms with Crippen LogP contribution < -0.4 is 10.6 Å². The van der Waals surface area contributed by atoms with Crippen LogP contribution in [0.5, 0.6) is 0 Å². The number of nitrogens with zero attached hydrogens (tertiary/aromatic N) is 6. The highest BCUT2D eigenvalue weighted by Crippen LogP contribution is 2.34. The summed E-state index contributed by atoms with van der Waals surface area (Å²) >= 11 is 0. The number of fused-ring (bicyclic) bond motifs is 2. The summed E-state index contributed by atoms with van der Waals surface area (Å²) in [5, 5.41) is 7.34. The number of hydrogen-bond donors (Lipinski definition) is 3. The third-order valence-electron chi connectivity index (χ3n) is 7.00. The van der Waals surface area contributed by atoms with E-state index in [9.17, 15) is 13.6 Å². The molecule has 4 heterocycles. The van der Waals surface area contributed by atoms with E-state index in [0.29, 0.717) is 40.1 Å². The number of carbonyl (C=O) groups is 1. The first-order valence-corrected chi connectivity index (χ1v) is 12.4. The van der Waals surface area contributed by atoms with Gasteiger partial charge in [0.1, 0.15) is 22.8 Å². The zero-order valence-electron chi connectivity index (χ0n) is 21.3. The Morgan fingerprint density at radius 3 is 2.59 bits per heavy atom. The van der Waals surface area contributed by atoms with E-state index in [-0.39, 0.29) is 17.9 Å². The van der Waals surface area contributed by atoms with E-state index in [1.165, 1.54) is 4.57 Å². The zero-order valence-corrected chi connectivity index (χ0v) is 21.3. The van der Waals surface area contributed by atoms with E-state index in [0.717, 1.165) is 36.6 Å². The molecular formula is C25H31F2N9O. The van der Waals surface area contributed by atoms with Gasteiger partial charge in [-0.3, -0.25) is 4.79 Å². The van der Waals surface area contributed by atoms with Crippen LogP contribution >= 0.6 is 0 Å². The number of pyridine rings is 1. The molecule has 12 heteroatoms. The smallest absolute Gasteiger partial charge is 0.256 e. The van der Waals surface area contributed by atoms with Gasteiger partial charge in [0.25, 0.3) is 6.43 Å². The fourth-order valence-corrected chi connectivity index (χ4v) is 5.13. The molecule has 1 saturated carbocycles. The number of hydrogen-bond acceptors (Lipinski definition) is 7. The topological polar surface area (TPSA) is 117 Å². The normalized spacial score (nSPS) is 18.0. The Kier molecular flexibility index (Phi) is 6.65. The Bertz CT molecular complexity index is 1440. The van der Waals surface area contributed by atoms with Gasteiger partial charge in [0.05, 0.1) is 17.6 Å². The van der Waals surface area contributed by atoms with Gasteiger partial charge in [0, 0.05) is 44.9 Å². The molecule has 10 nitrogen and oxygen atoms in total. The molecule has 3 N–H and O–H groups in total. The highest BCUT2D eigenvalue weighted by atomic mass is 19.3. The quantitative estimate of drug-likeness (QED) is 0.343. The summed E-state index contributed by atoms with van der Waals surface area (Å²) in [5.41, 5.74) is 2.99. The SMILES string of the molecule is CNc1nc(N[C@H]2CC[C@@H](C(=O)N(C)C)CC2)nc2[nH]cc(-c3ccc4nc(C)n(CC(F)F)c4n3)c12. The summed E-state index contributed by atoms with van der Waals surface area (Å²) in [5.74, 6) is 1.88. The van der Waals surface area contributed by atoms with Crippen LogP contribution in [0.25, 0.3) is 33.5 Å². The summed E-state index contributed by atoms with van der Waals surface area (Å²) in [7, 11) is 5.39. The maximum atomic E-state index is 13.2. The van der Waals surface area contributed by atoms with E-state index in [2.05, 4.69) is 25.6 Å². The number of carbonyl (C=O) groups excluding carboxylic acids is 1. The van der Waals surface area contributed by atoms with Crippen molar-refractivity contribution in [2.45, 2.75) is 51.6 Å². The van der Waals surface area contributed by atoms with Crippen molar-refractivity contribution in [1.29, 1.82) is 0 Å². The highest BCUT2D eigenvalue weighted by Gasteiger charge is 2.28. The summed E-state index contributed by atoms with van der Waals surface area (Å²) in [6.45, 7) is 1.24. The van der Waals surface area contributed by atoms with Gasteiger partial charge in [0.15, 0.2) is 5.65 Å². The van der Waals surface area contributed by atoms with Crippen molar-refractivity contribution in [3.05, 3.63) is 24.2 Å². The second-order valence-electron chi connectivity index (χ2n) is 9.70. The number of halogens is 2. The lowest BCUT2D eigenvalue weighted by Crippen LogP contribution is -2.35. The predicted octanol–water partition coefficient (Wildman–Crippen LogP) is 4.04. The van der Waals surface area contributed by atoms with E-state index >= 15 is 0 Å². The molecule has 0 spiro atoms. The van der Waals surface area contributed by atoms with Gasteiger partial charge in [-0.2, -0.15) is 9.97 Å². The van der Waals surface area contributed by atoms with Gasteiger partial charge in [-0.25, -0.2) is 18.7 Å². The maximum absolute atomic E-state index is 13.2. The second kappa shape index (κ2) is 9.91. The number of anilines is 2. The summed E-state index contributed by atoms with van der Waals surface area (Å²) in [4.78, 5) is 35.6. The van der Waals surface area contributed by atoms with Crippen LogP contribution in [0.1, 0.15) is 31.5 Å². The van der Waals surface area contributed by atoms with Crippen LogP contribution in [-0.4, -0.2) is 73.9 Å². The minimum Gasteiger partial charge on any atom is -0.372 e. The molecular weight excluding hydrogens is 480 g/mol. The van der Waals surface area contributed by atoms with Crippen molar-refractivity contribution in [1.82, 2.24) is 34.4 Å². The lowest BCUT2D eigenvalue weighted by Gasteiger charge is -2.29. The predicted molar refractivity (Wildman–Crippen MR) is 139 cm³/mol. The number of amides is 1. The van der Waals surface area contributed by atoms with Crippen molar-refractivity contribution < 1.29 is 13.6 Å². The van der Waals surface area contributed by atoms with Crippen molar-refractivity contribution in [3.63, 3.8) is 0 Å². The Labute approximate surface area is 212 Å². The second-order valence-corrected chi connectivity index (χ2v) is 9.70. The third kappa shape index (κ3) is 4.79. The average molecular weight is 512 g/mol. The number of nitrogens with one attached hydrogen (secondary N) is 3. The molecule has 0 saturated heterocycles. The molecule has 1 aliphatic carbocycles. The van der Waals surface area contributed by atoms with Gasteiger partial charge in [-0.1, -0.05) is 0 Å². The third-order valence-corrected chi connectivity index (χ3v) is 7.00. The molecule has 0 aliphatic heterocycles. The van der Waals surface area contributed by atoms with Gasteiger partial charge in [-0.15, -0.1) is 0 Å². The summed E-state index contributed by atoms with van der Waals surface area (Å²) in [6, 6.07) is 3.80. The van der Waals surface area contributed by atoms with Gasteiger partial charge in [0.2, 0.25) is 11.9 Å². The molecule has 1 fully saturated rings. The van der Waals surface area contributed by atoms with Crippen molar-refractivity contribution in [3.8, 4) is 11.3 Å². The number of alkyl halides is 2. The Morgan fingerprint density at radius 1 is 1.16 bits per heavy atom. The minimum absolute atomic E-state index is 0.0703. The first-order valence-electron chi connectivity index (χ1n) is 12.4. The lowest BCUT2D eigenvalue weighted by molar-refractivity contribution is -0.133. The van der Waals surface area contributed by atoms with Crippen molar-refractivity contribution in [2.75, 3.05) is 31.8 Å². The highest BCUT2D eigenvalue weighted by molar-refractivity contribution is 6.01. The van der Waals surface area contributed by atoms with Crippen LogP contribution in [-0.2, 0) is 11.3 Å². The fourth-order valence-electron chi connectivity index (χ4n) is 5.13. The molecule has 5 rings (SSSR count). The van der Waals surface area contributed by atoms with Crippen LogP contribution in [0, 0.1) is 12.8 Å². The monoisotopic (exact) mass is 511 g/mol. The Balaban J connectivity index is 1.42. The molecule has 4 aromatic heterocycles. The average Bonchev–Trinajstić information content (AvgIpc) is 3.43. The Hall–Kier alpha value is -3.83. The maximum Gasteiger partial charge on any atom is 0.256 e. The number of aryl methyl sites for hydroxylation is 1. The number of aromatic nitrogens is 6.